The van der Waals surface area contributed by atoms with Crippen LogP contribution in [0.1, 0.15) is 91.4 Å². The second-order valence-corrected chi connectivity index (χ2v) is 6.02. The van der Waals surface area contributed by atoms with Crippen LogP contribution in [-0.4, -0.2) is 6.29 Å². The molecule has 0 radical (unpaired) electrons. The van der Waals surface area contributed by atoms with Gasteiger partial charge in [-0.1, -0.05) is 69.9 Å². The maximum atomic E-state index is 11.0. The Bertz CT molecular complexity index is 226. The minimum Gasteiger partial charge on any atom is -0.303 e. The third kappa shape index (κ3) is 13.6. The molecule has 19 heavy (non-hydrogen) atoms. The maximum Gasteiger partial charge on any atom is 0.123 e. The standard InChI is InChI=1S/C18H34O/c1-4-5-6-7-8-9-10-11-14-18(16-19)15-12-13-17(2)3/h13,16,18H,4-12,14-15H2,1-3H3. The molecule has 0 bridgehead atoms. The van der Waals surface area contributed by atoms with Crippen molar-refractivity contribution < 1.29 is 4.79 Å². The highest BCUT2D eigenvalue weighted by molar-refractivity contribution is 5.53. The minimum atomic E-state index is 0.288. The quantitative estimate of drug-likeness (QED) is 0.224. The molecule has 1 nitrogen and oxygen atoms in total. The average Bonchev–Trinajstić information content (AvgIpc) is 2.39. The van der Waals surface area contributed by atoms with Crippen molar-refractivity contribution in [3.63, 3.8) is 0 Å². The Morgan fingerprint density at radius 2 is 1.47 bits per heavy atom. The number of allylic oxidation sites excluding steroid dienone is 2. The number of rotatable bonds is 13. The van der Waals surface area contributed by atoms with Crippen LogP contribution < -0.4 is 0 Å². The molecule has 1 heteroatoms. The lowest BCUT2D eigenvalue weighted by molar-refractivity contribution is -0.111. The van der Waals surface area contributed by atoms with Gasteiger partial charge in [-0.25, -0.2) is 0 Å². The number of aldehydes is 1. The van der Waals surface area contributed by atoms with Gasteiger partial charge in [0, 0.05) is 5.92 Å². The van der Waals surface area contributed by atoms with Gasteiger partial charge in [0.15, 0.2) is 0 Å². The molecule has 0 amide bonds. The van der Waals surface area contributed by atoms with Crippen LogP contribution in [0, 0.1) is 5.92 Å². The zero-order chi connectivity index (χ0) is 14.3. The molecule has 0 aromatic carbocycles. The molecule has 0 aromatic heterocycles. The van der Waals surface area contributed by atoms with Crippen LogP contribution in [0.5, 0.6) is 0 Å². The summed E-state index contributed by atoms with van der Waals surface area (Å²) in [5.74, 6) is 0.288. The third-order valence-electron chi connectivity index (χ3n) is 3.71. The summed E-state index contributed by atoms with van der Waals surface area (Å²) in [7, 11) is 0. The Hall–Kier alpha value is -0.590. The lowest BCUT2D eigenvalue weighted by atomic mass is 9.96. The lowest BCUT2D eigenvalue weighted by Crippen LogP contribution is -2.01. The normalized spacial score (nSPS) is 12.2. The van der Waals surface area contributed by atoms with Crippen molar-refractivity contribution in [1.82, 2.24) is 0 Å². The van der Waals surface area contributed by atoms with Gasteiger partial charge in [0.2, 0.25) is 0 Å². The molecular formula is C18H34O. The van der Waals surface area contributed by atoms with Gasteiger partial charge in [0.05, 0.1) is 0 Å². The van der Waals surface area contributed by atoms with Gasteiger partial charge in [-0.3, -0.25) is 0 Å². The Morgan fingerprint density at radius 1 is 0.895 bits per heavy atom. The largest absolute Gasteiger partial charge is 0.303 e. The predicted octanol–water partition coefficient (Wildman–Crippen LogP) is 6.08. The molecule has 1 unspecified atom stereocenters. The summed E-state index contributed by atoms with van der Waals surface area (Å²) in [6, 6.07) is 0. The summed E-state index contributed by atoms with van der Waals surface area (Å²) >= 11 is 0. The van der Waals surface area contributed by atoms with E-state index in [1.807, 2.05) is 0 Å². The smallest absolute Gasteiger partial charge is 0.123 e. The van der Waals surface area contributed by atoms with Crippen molar-refractivity contribution in [3.05, 3.63) is 11.6 Å². The van der Waals surface area contributed by atoms with E-state index >= 15 is 0 Å². The predicted molar refractivity (Wildman–Crippen MR) is 85.4 cm³/mol. The minimum absolute atomic E-state index is 0.288. The number of unbranched alkanes of at least 4 members (excludes halogenated alkanes) is 7. The molecule has 0 aliphatic rings. The van der Waals surface area contributed by atoms with E-state index in [9.17, 15) is 4.79 Å². The maximum absolute atomic E-state index is 11.0. The summed E-state index contributed by atoms with van der Waals surface area (Å²) in [4.78, 5) is 11.0. The first kappa shape index (κ1) is 18.4. The van der Waals surface area contributed by atoms with E-state index < -0.39 is 0 Å². The monoisotopic (exact) mass is 266 g/mol. The molecular weight excluding hydrogens is 232 g/mol. The van der Waals surface area contributed by atoms with Crippen LogP contribution in [0.4, 0.5) is 0 Å². The zero-order valence-corrected chi connectivity index (χ0v) is 13.4. The highest BCUT2D eigenvalue weighted by Crippen LogP contribution is 2.16. The van der Waals surface area contributed by atoms with Crippen LogP contribution >= 0.6 is 0 Å². The molecule has 0 N–H and O–H groups in total. The zero-order valence-electron chi connectivity index (χ0n) is 13.4. The van der Waals surface area contributed by atoms with Crippen molar-refractivity contribution in [2.75, 3.05) is 0 Å². The fraction of sp³-hybridized carbons (Fsp3) is 0.833. The summed E-state index contributed by atoms with van der Waals surface area (Å²) in [5, 5.41) is 0. The van der Waals surface area contributed by atoms with Crippen molar-refractivity contribution >= 4 is 6.29 Å². The van der Waals surface area contributed by atoms with E-state index in [4.69, 9.17) is 0 Å². The van der Waals surface area contributed by atoms with E-state index in [0.717, 1.165) is 19.3 Å². The molecule has 0 fully saturated rings. The molecule has 0 aliphatic carbocycles. The van der Waals surface area contributed by atoms with Gasteiger partial charge in [-0.15, -0.1) is 0 Å². The van der Waals surface area contributed by atoms with Crippen molar-refractivity contribution in [1.29, 1.82) is 0 Å². The SMILES string of the molecule is CCCCCCCCCCC(C=O)CCC=C(C)C. The van der Waals surface area contributed by atoms with Crippen LogP contribution in [0.3, 0.4) is 0 Å². The molecule has 0 saturated heterocycles. The molecule has 0 aliphatic heterocycles. The Kier molecular flexibility index (Phi) is 13.4. The number of carbonyl (C=O) groups excluding carboxylic acids is 1. The number of hydrogen-bond acceptors (Lipinski definition) is 1. The van der Waals surface area contributed by atoms with Crippen molar-refractivity contribution in [3.8, 4) is 0 Å². The van der Waals surface area contributed by atoms with Crippen molar-refractivity contribution in [2.24, 2.45) is 5.92 Å². The topological polar surface area (TPSA) is 17.1 Å². The van der Waals surface area contributed by atoms with E-state index in [1.54, 1.807) is 0 Å². The molecule has 1 atom stereocenters. The molecule has 0 spiro atoms. The first-order valence-corrected chi connectivity index (χ1v) is 8.29. The summed E-state index contributed by atoms with van der Waals surface area (Å²) in [5.41, 5.74) is 1.36. The van der Waals surface area contributed by atoms with Gasteiger partial charge >= 0.3 is 0 Å². The first-order valence-electron chi connectivity index (χ1n) is 8.29. The molecule has 0 rings (SSSR count). The Balaban J connectivity index is 3.41. The number of hydrogen-bond donors (Lipinski definition) is 0. The van der Waals surface area contributed by atoms with Gasteiger partial charge in [0.1, 0.15) is 6.29 Å². The summed E-state index contributed by atoms with van der Waals surface area (Å²) in [6.45, 7) is 6.50. The van der Waals surface area contributed by atoms with E-state index in [-0.39, 0.29) is 5.92 Å². The fourth-order valence-corrected chi connectivity index (χ4v) is 2.41. The highest BCUT2D eigenvalue weighted by atomic mass is 16.1. The molecule has 0 saturated carbocycles. The summed E-state index contributed by atoms with van der Waals surface area (Å²) in [6.07, 6.45) is 17.4. The Morgan fingerprint density at radius 3 is 2.00 bits per heavy atom. The van der Waals surface area contributed by atoms with Crippen LogP contribution in [0.15, 0.2) is 11.6 Å². The van der Waals surface area contributed by atoms with Gasteiger partial charge in [-0.2, -0.15) is 0 Å². The lowest BCUT2D eigenvalue weighted by Gasteiger charge is -2.08. The van der Waals surface area contributed by atoms with E-state index in [0.29, 0.717) is 0 Å². The summed E-state index contributed by atoms with van der Waals surface area (Å²) < 4.78 is 0. The van der Waals surface area contributed by atoms with Gasteiger partial charge in [-0.05, 0) is 33.1 Å². The third-order valence-corrected chi connectivity index (χ3v) is 3.71. The van der Waals surface area contributed by atoms with Crippen LogP contribution in [-0.2, 0) is 4.79 Å². The van der Waals surface area contributed by atoms with Crippen LogP contribution in [0.25, 0.3) is 0 Å². The Labute approximate surface area is 120 Å². The van der Waals surface area contributed by atoms with Crippen LogP contribution in [0.2, 0.25) is 0 Å². The molecule has 0 heterocycles. The second-order valence-electron chi connectivity index (χ2n) is 6.02. The molecule has 112 valence electrons. The van der Waals surface area contributed by atoms with Crippen molar-refractivity contribution in [2.45, 2.75) is 91.4 Å². The van der Waals surface area contributed by atoms with Gasteiger partial charge in [0.25, 0.3) is 0 Å². The average molecular weight is 266 g/mol. The number of carbonyl (C=O) groups is 1. The van der Waals surface area contributed by atoms with E-state index in [1.165, 1.54) is 63.2 Å². The first-order chi connectivity index (χ1) is 9.20. The second kappa shape index (κ2) is 13.8. The van der Waals surface area contributed by atoms with E-state index in [2.05, 4.69) is 26.8 Å². The molecule has 0 aromatic rings. The fourth-order valence-electron chi connectivity index (χ4n) is 2.41. The van der Waals surface area contributed by atoms with Gasteiger partial charge < -0.3 is 4.79 Å². The highest BCUT2D eigenvalue weighted by Gasteiger charge is 2.05.